The molecule has 7 heteroatoms. The minimum atomic E-state index is 0.330. The maximum Gasteiger partial charge on any atom is 0.213 e. The Morgan fingerprint density at radius 3 is 2.52 bits per heavy atom. The Balaban J connectivity index is 1.77. The minimum absolute atomic E-state index is 0.330. The highest BCUT2D eigenvalue weighted by atomic mass is 16.5. The monoisotopic (exact) mass is 378 g/mol. The van der Waals surface area contributed by atoms with E-state index >= 15 is 0 Å². The molecule has 1 aliphatic carbocycles. The first kappa shape index (κ1) is 21.4. The molecule has 0 saturated heterocycles. The molecule has 0 spiro atoms. The van der Waals surface area contributed by atoms with Gasteiger partial charge in [-0.2, -0.15) is 0 Å². The fraction of sp³-hybridized carbons (Fsp3) is 0.700. The Labute approximate surface area is 162 Å². The van der Waals surface area contributed by atoms with Crippen molar-refractivity contribution in [3.8, 4) is 5.88 Å². The van der Waals surface area contributed by atoms with Gasteiger partial charge in [-0.05, 0) is 30.2 Å². The van der Waals surface area contributed by atoms with E-state index in [0.717, 1.165) is 31.1 Å². The Bertz CT molecular complexity index is 557. The smallest absolute Gasteiger partial charge is 0.213 e. The van der Waals surface area contributed by atoms with Crippen LogP contribution in [0.3, 0.4) is 0 Å². The number of methoxy groups -OCH3 is 2. The maximum atomic E-state index is 5.48. The summed E-state index contributed by atoms with van der Waals surface area (Å²) in [4.78, 5) is 8.66. The molecule has 1 saturated carbocycles. The van der Waals surface area contributed by atoms with Crippen molar-refractivity contribution in [2.75, 3.05) is 47.6 Å². The first-order chi connectivity index (χ1) is 13.2. The lowest BCUT2D eigenvalue weighted by molar-refractivity contribution is 0.138. The fourth-order valence-electron chi connectivity index (χ4n) is 3.47. The van der Waals surface area contributed by atoms with Crippen LogP contribution in [0.15, 0.2) is 23.3 Å². The molecule has 2 rings (SSSR count). The third-order valence-corrected chi connectivity index (χ3v) is 5.15. The minimum Gasteiger partial charge on any atom is -0.475 e. The van der Waals surface area contributed by atoms with E-state index in [1.54, 1.807) is 21.3 Å². The van der Waals surface area contributed by atoms with Gasteiger partial charge in [0.05, 0.1) is 6.61 Å². The van der Waals surface area contributed by atoms with E-state index in [2.05, 4.69) is 20.6 Å². The van der Waals surface area contributed by atoms with Crippen LogP contribution in [-0.2, 0) is 16.0 Å². The summed E-state index contributed by atoms with van der Waals surface area (Å²) >= 11 is 0. The number of ether oxygens (including phenoxy) is 3. The molecule has 0 bridgehead atoms. The number of nitrogens with one attached hydrogen (secondary N) is 2. The first-order valence-electron chi connectivity index (χ1n) is 9.71. The Morgan fingerprint density at radius 1 is 1.11 bits per heavy atom. The van der Waals surface area contributed by atoms with Crippen molar-refractivity contribution in [3.05, 3.63) is 23.9 Å². The molecule has 0 atom stereocenters. The number of pyridine rings is 1. The molecular weight excluding hydrogens is 344 g/mol. The second kappa shape index (κ2) is 11.8. The van der Waals surface area contributed by atoms with E-state index in [0.29, 0.717) is 31.1 Å². The zero-order valence-corrected chi connectivity index (χ0v) is 16.9. The van der Waals surface area contributed by atoms with Crippen molar-refractivity contribution in [1.29, 1.82) is 0 Å². The Kier molecular flexibility index (Phi) is 9.35. The van der Waals surface area contributed by atoms with Gasteiger partial charge in [0.2, 0.25) is 5.88 Å². The van der Waals surface area contributed by atoms with Crippen molar-refractivity contribution in [2.24, 2.45) is 10.4 Å². The number of hydrogen-bond acceptors (Lipinski definition) is 5. The van der Waals surface area contributed by atoms with E-state index in [1.807, 2.05) is 18.3 Å². The van der Waals surface area contributed by atoms with Gasteiger partial charge in [-0.15, -0.1) is 0 Å². The Hall–Kier alpha value is -1.86. The first-order valence-corrected chi connectivity index (χ1v) is 9.71. The van der Waals surface area contributed by atoms with Crippen molar-refractivity contribution >= 4 is 5.96 Å². The molecule has 7 nitrogen and oxygen atoms in total. The maximum absolute atomic E-state index is 5.48. The van der Waals surface area contributed by atoms with E-state index < -0.39 is 0 Å². The Morgan fingerprint density at radius 2 is 1.89 bits per heavy atom. The van der Waals surface area contributed by atoms with Crippen molar-refractivity contribution < 1.29 is 14.2 Å². The average Bonchev–Trinajstić information content (AvgIpc) is 3.17. The third-order valence-electron chi connectivity index (χ3n) is 5.15. The summed E-state index contributed by atoms with van der Waals surface area (Å²) in [6, 6.07) is 3.88. The van der Waals surface area contributed by atoms with Crippen LogP contribution in [-0.4, -0.2) is 58.6 Å². The second-order valence-corrected chi connectivity index (χ2v) is 7.08. The van der Waals surface area contributed by atoms with Gasteiger partial charge in [-0.1, -0.05) is 18.9 Å². The number of nitrogens with zero attached hydrogens (tertiary/aromatic N) is 2. The normalized spacial score (nSPS) is 16.3. The van der Waals surface area contributed by atoms with Crippen LogP contribution < -0.4 is 15.4 Å². The van der Waals surface area contributed by atoms with Crippen LogP contribution in [0, 0.1) is 5.41 Å². The summed E-state index contributed by atoms with van der Waals surface area (Å²) in [6.07, 6.45) is 8.05. The largest absolute Gasteiger partial charge is 0.475 e. The highest BCUT2D eigenvalue weighted by Crippen LogP contribution is 2.40. The van der Waals surface area contributed by atoms with E-state index in [-0.39, 0.29) is 0 Å². The average molecular weight is 379 g/mol. The predicted octanol–water partition coefficient (Wildman–Crippen LogP) is 2.37. The van der Waals surface area contributed by atoms with Crippen LogP contribution in [0.2, 0.25) is 0 Å². The van der Waals surface area contributed by atoms with Crippen LogP contribution in [0.4, 0.5) is 0 Å². The van der Waals surface area contributed by atoms with Gasteiger partial charge >= 0.3 is 0 Å². The summed E-state index contributed by atoms with van der Waals surface area (Å²) < 4.78 is 15.8. The van der Waals surface area contributed by atoms with Gasteiger partial charge in [0.25, 0.3) is 0 Å². The van der Waals surface area contributed by atoms with Gasteiger partial charge in [0.15, 0.2) is 5.96 Å². The second-order valence-electron chi connectivity index (χ2n) is 7.08. The van der Waals surface area contributed by atoms with E-state index in [4.69, 9.17) is 14.2 Å². The van der Waals surface area contributed by atoms with Gasteiger partial charge in [-0.3, -0.25) is 4.99 Å². The molecule has 1 aliphatic rings. The number of aliphatic imine (C=N–C) groups is 1. The van der Waals surface area contributed by atoms with Crippen LogP contribution in [0.5, 0.6) is 5.88 Å². The third kappa shape index (κ3) is 7.34. The van der Waals surface area contributed by atoms with Crippen molar-refractivity contribution in [3.63, 3.8) is 0 Å². The molecule has 1 heterocycles. The van der Waals surface area contributed by atoms with E-state index in [9.17, 15) is 0 Å². The molecule has 152 valence electrons. The van der Waals surface area contributed by atoms with Crippen molar-refractivity contribution in [2.45, 2.75) is 38.6 Å². The van der Waals surface area contributed by atoms with Crippen LogP contribution >= 0.6 is 0 Å². The molecule has 1 aromatic heterocycles. The topological polar surface area (TPSA) is 77.0 Å². The number of aromatic nitrogens is 1. The standard InChI is InChI=1S/C20H34N4O3/c1-21-19(24-16-20(10-11-25-2)8-4-5-9-20)23-15-17-6-7-18(22-14-17)27-13-12-26-3/h6-7,14H,4-5,8-13,15-16H2,1-3H3,(H2,21,23,24). The lowest BCUT2D eigenvalue weighted by Gasteiger charge is -2.30. The van der Waals surface area contributed by atoms with Gasteiger partial charge in [0.1, 0.15) is 6.61 Å². The highest BCUT2D eigenvalue weighted by Gasteiger charge is 2.33. The zero-order chi connectivity index (χ0) is 19.4. The van der Waals surface area contributed by atoms with E-state index in [1.165, 1.54) is 25.7 Å². The molecule has 0 radical (unpaired) electrons. The molecule has 27 heavy (non-hydrogen) atoms. The SMILES string of the molecule is CN=C(NCc1ccc(OCCOC)nc1)NCC1(CCOC)CCCC1. The molecule has 0 amide bonds. The quantitative estimate of drug-likeness (QED) is 0.350. The molecule has 0 aromatic carbocycles. The van der Waals surface area contributed by atoms with Gasteiger partial charge in [0, 0.05) is 53.2 Å². The lowest BCUT2D eigenvalue weighted by atomic mass is 9.83. The van der Waals surface area contributed by atoms with Crippen LogP contribution in [0.25, 0.3) is 0 Å². The summed E-state index contributed by atoms with van der Waals surface area (Å²) in [7, 11) is 5.23. The number of hydrogen-bond donors (Lipinski definition) is 2. The summed E-state index contributed by atoms with van der Waals surface area (Å²) in [5.74, 6) is 1.43. The molecule has 1 aromatic rings. The summed E-state index contributed by atoms with van der Waals surface area (Å²) in [6.45, 7) is 3.47. The van der Waals surface area contributed by atoms with Crippen molar-refractivity contribution in [1.82, 2.24) is 15.6 Å². The van der Waals surface area contributed by atoms with Crippen LogP contribution in [0.1, 0.15) is 37.7 Å². The predicted molar refractivity (Wildman–Crippen MR) is 107 cm³/mol. The summed E-state index contributed by atoms with van der Waals surface area (Å²) in [5, 5.41) is 6.86. The lowest BCUT2D eigenvalue weighted by Crippen LogP contribution is -2.43. The molecule has 1 fully saturated rings. The zero-order valence-electron chi connectivity index (χ0n) is 16.9. The number of guanidine groups is 1. The molecular formula is C20H34N4O3. The highest BCUT2D eigenvalue weighted by molar-refractivity contribution is 5.79. The fourth-order valence-corrected chi connectivity index (χ4v) is 3.47. The molecule has 2 N–H and O–H groups in total. The molecule has 0 aliphatic heterocycles. The summed E-state index contributed by atoms with van der Waals surface area (Å²) in [5.41, 5.74) is 1.41. The van der Waals surface area contributed by atoms with Gasteiger partial charge < -0.3 is 24.8 Å². The molecule has 0 unspecified atom stereocenters. The van der Waals surface area contributed by atoms with Gasteiger partial charge in [-0.25, -0.2) is 4.98 Å². The number of rotatable bonds is 11.